The Balaban J connectivity index is 3.16. The minimum Gasteiger partial charge on any atom is -0.493 e. The molecule has 0 aliphatic carbocycles. The van der Waals surface area contributed by atoms with Crippen molar-refractivity contribution in [2.24, 2.45) is 5.73 Å². The normalized spacial score (nSPS) is 14.2. The third kappa shape index (κ3) is 3.12. The van der Waals surface area contributed by atoms with Gasteiger partial charge in [0.05, 0.1) is 26.4 Å². The minimum absolute atomic E-state index is 0.450. The zero-order valence-corrected chi connectivity index (χ0v) is 11.8. The van der Waals surface area contributed by atoms with Crippen LogP contribution in [-0.4, -0.2) is 25.4 Å². The summed E-state index contributed by atoms with van der Waals surface area (Å²) < 4.78 is 11.2. The van der Waals surface area contributed by atoms with E-state index in [1.807, 2.05) is 6.92 Å². The average molecular weight is 304 g/mol. The van der Waals surface area contributed by atoms with Crippen LogP contribution in [0.1, 0.15) is 24.9 Å². The van der Waals surface area contributed by atoms with Crippen LogP contribution < -0.4 is 15.2 Å². The van der Waals surface area contributed by atoms with E-state index in [4.69, 9.17) is 15.2 Å². The van der Waals surface area contributed by atoms with Crippen molar-refractivity contribution in [2.75, 3.05) is 14.2 Å². The second-order valence-corrected chi connectivity index (χ2v) is 4.58. The van der Waals surface area contributed by atoms with E-state index in [0.29, 0.717) is 17.9 Å². The first-order chi connectivity index (χ1) is 8.04. The summed E-state index contributed by atoms with van der Waals surface area (Å²) in [6, 6.07) is 3.12. The van der Waals surface area contributed by atoms with Gasteiger partial charge < -0.3 is 20.3 Å². The highest BCUT2D eigenvalue weighted by Gasteiger charge is 2.20. The molecule has 0 radical (unpaired) electrons. The molecule has 0 saturated carbocycles. The van der Waals surface area contributed by atoms with E-state index in [9.17, 15) is 5.11 Å². The zero-order chi connectivity index (χ0) is 13.0. The van der Waals surface area contributed by atoms with Crippen molar-refractivity contribution in [1.29, 1.82) is 0 Å². The van der Waals surface area contributed by atoms with E-state index in [1.165, 1.54) is 0 Å². The van der Waals surface area contributed by atoms with Crippen LogP contribution in [0.4, 0.5) is 0 Å². The third-order valence-electron chi connectivity index (χ3n) is 2.69. The molecule has 0 fully saturated rings. The molecular formula is C12H18BrNO3. The molecule has 0 amide bonds. The zero-order valence-electron chi connectivity index (χ0n) is 10.2. The highest BCUT2D eigenvalue weighted by atomic mass is 79.9. The molecular weight excluding hydrogens is 286 g/mol. The number of aliphatic hydroxyl groups excluding tert-OH is 1. The number of halogens is 1. The fourth-order valence-electron chi connectivity index (χ4n) is 1.59. The summed E-state index contributed by atoms with van der Waals surface area (Å²) in [7, 11) is 3.14. The molecule has 0 aliphatic rings. The first kappa shape index (κ1) is 14.3. The molecule has 0 aliphatic heterocycles. The molecule has 4 nitrogen and oxygen atoms in total. The number of aliphatic hydroxyl groups is 1. The van der Waals surface area contributed by atoms with Gasteiger partial charge in [-0.05, 0) is 24.1 Å². The molecule has 17 heavy (non-hydrogen) atoms. The lowest BCUT2D eigenvalue weighted by molar-refractivity contribution is 0.140. The van der Waals surface area contributed by atoms with E-state index >= 15 is 0 Å². The molecule has 5 heteroatoms. The van der Waals surface area contributed by atoms with Crippen LogP contribution in [0, 0.1) is 0 Å². The van der Waals surface area contributed by atoms with Gasteiger partial charge >= 0.3 is 0 Å². The number of methoxy groups -OCH3 is 2. The van der Waals surface area contributed by atoms with E-state index in [1.54, 1.807) is 26.4 Å². The molecule has 0 bridgehead atoms. The maximum atomic E-state index is 9.78. The summed E-state index contributed by atoms with van der Waals surface area (Å²) in [5.74, 6) is 1.23. The Morgan fingerprint density at radius 3 is 2.29 bits per heavy atom. The van der Waals surface area contributed by atoms with Crippen molar-refractivity contribution in [1.82, 2.24) is 0 Å². The molecule has 1 rings (SSSR count). The Morgan fingerprint density at radius 2 is 1.82 bits per heavy atom. The van der Waals surface area contributed by atoms with Crippen LogP contribution >= 0.6 is 15.9 Å². The Bertz CT molecular complexity index is 384. The quantitative estimate of drug-likeness (QED) is 0.875. The average Bonchev–Trinajstić information content (AvgIpc) is 2.36. The number of rotatable bonds is 5. The SMILES string of the molecule is CC[C@@H](O)[C@@H](N)c1cc(OC)c(OC)cc1Br. The van der Waals surface area contributed by atoms with Gasteiger partial charge in [-0.1, -0.05) is 22.9 Å². The van der Waals surface area contributed by atoms with Crippen LogP contribution in [0.3, 0.4) is 0 Å². The van der Waals surface area contributed by atoms with E-state index in [0.717, 1.165) is 10.0 Å². The Kier molecular flexibility index (Phi) is 5.24. The van der Waals surface area contributed by atoms with Crippen molar-refractivity contribution in [2.45, 2.75) is 25.5 Å². The molecule has 3 N–H and O–H groups in total. The van der Waals surface area contributed by atoms with Gasteiger partial charge in [0.25, 0.3) is 0 Å². The smallest absolute Gasteiger partial charge is 0.161 e. The Morgan fingerprint density at radius 1 is 1.29 bits per heavy atom. The molecule has 0 unspecified atom stereocenters. The molecule has 0 heterocycles. The lowest BCUT2D eigenvalue weighted by atomic mass is 10.0. The monoisotopic (exact) mass is 303 g/mol. The fraction of sp³-hybridized carbons (Fsp3) is 0.500. The maximum Gasteiger partial charge on any atom is 0.161 e. The van der Waals surface area contributed by atoms with Gasteiger partial charge in [-0.2, -0.15) is 0 Å². The van der Waals surface area contributed by atoms with E-state index in [2.05, 4.69) is 15.9 Å². The highest BCUT2D eigenvalue weighted by Crippen LogP contribution is 2.36. The number of ether oxygens (including phenoxy) is 2. The molecule has 2 atom stereocenters. The number of benzene rings is 1. The van der Waals surface area contributed by atoms with Gasteiger partial charge in [0, 0.05) is 4.47 Å². The Labute approximate surface area is 110 Å². The summed E-state index contributed by atoms with van der Waals surface area (Å²) in [6.45, 7) is 1.89. The summed E-state index contributed by atoms with van der Waals surface area (Å²) in [5.41, 5.74) is 6.79. The minimum atomic E-state index is -0.579. The number of nitrogens with two attached hydrogens (primary N) is 1. The fourth-order valence-corrected chi connectivity index (χ4v) is 2.17. The number of hydrogen-bond donors (Lipinski definition) is 2. The van der Waals surface area contributed by atoms with Gasteiger partial charge in [0.1, 0.15) is 0 Å². The largest absolute Gasteiger partial charge is 0.493 e. The summed E-state index contributed by atoms with van der Waals surface area (Å²) >= 11 is 3.42. The molecule has 1 aromatic rings. The van der Waals surface area contributed by atoms with Crippen molar-refractivity contribution in [3.05, 3.63) is 22.2 Å². The standard InChI is InChI=1S/C12H18BrNO3/c1-4-9(15)12(14)7-5-10(16-2)11(17-3)6-8(7)13/h5-6,9,12,15H,4,14H2,1-3H3/t9-,12+/m1/s1. The van der Waals surface area contributed by atoms with Gasteiger partial charge in [0.15, 0.2) is 11.5 Å². The third-order valence-corrected chi connectivity index (χ3v) is 3.38. The van der Waals surface area contributed by atoms with E-state index in [-0.39, 0.29) is 0 Å². The first-order valence-corrected chi connectivity index (χ1v) is 6.19. The summed E-state index contributed by atoms with van der Waals surface area (Å²) in [5, 5.41) is 9.78. The second-order valence-electron chi connectivity index (χ2n) is 3.73. The lowest BCUT2D eigenvalue weighted by Crippen LogP contribution is -2.25. The molecule has 0 aromatic heterocycles. The van der Waals surface area contributed by atoms with E-state index < -0.39 is 12.1 Å². The van der Waals surface area contributed by atoms with Crippen LogP contribution in [0.2, 0.25) is 0 Å². The van der Waals surface area contributed by atoms with Gasteiger partial charge in [-0.15, -0.1) is 0 Å². The van der Waals surface area contributed by atoms with Crippen LogP contribution in [-0.2, 0) is 0 Å². The van der Waals surface area contributed by atoms with Gasteiger partial charge in [0.2, 0.25) is 0 Å². The van der Waals surface area contributed by atoms with Crippen LogP contribution in [0.5, 0.6) is 11.5 Å². The number of hydrogen-bond acceptors (Lipinski definition) is 4. The van der Waals surface area contributed by atoms with Crippen LogP contribution in [0.15, 0.2) is 16.6 Å². The lowest BCUT2D eigenvalue weighted by Gasteiger charge is -2.20. The predicted octanol–water partition coefficient (Wildman–Crippen LogP) is 2.24. The molecule has 1 aromatic carbocycles. The summed E-state index contributed by atoms with van der Waals surface area (Å²) in [4.78, 5) is 0. The van der Waals surface area contributed by atoms with Crippen molar-refractivity contribution < 1.29 is 14.6 Å². The van der Waals surface area contributed by atoms with Gasteiger partial charge in [-0.3, -0.25) is 0 Å². The topological polar surface area (TPSA) is 64.7 Å². The molecule has 0 spiro atoms. The van der Waals surface area contributed by atoms with Crippen molar-refractivity contribution in [3.8, 4) is 11.5 Å². The van der Waals surface area contributed by atoms with Gasteiger partial charge in [-0.25, -0.2) is 0 Å². The van der Waals surface area contributed by atoms with Crippen molar-refractivity contribution >= 4 is 15.9 Å². The maximum absolute atomic E-state index is 9.78. The predicted molar refractivity (Wildman–Crippen MR) is 70.5 cm³/mol. The molecule has 0 saturated heterocycles. The second kappa shape index (κ2) is 6.23. The molecule has 96 valence electrons. The first-order valence-electron chi connectivity index (χ1n) is 5.40. The Hall–Kier alpha value is -0.780. The highest BCUT2D eigenvalue weighted by molar-refractivity contribution is 9.10. The summed E-state index contributed by atoms with van der Waals surface area (Å²) in [6.07, 6.45) is 0.0199. The van der Waals surface area contributed by atoms with Crippen LogP contribution in [0.25, 0.3) is 0 Å². The van der Waals surface area contributed by atoms with Crippen molar-refractivity contribution in [3.63, 3.8) is 0 Å².